The van der Waals surface area contributed by atoms with Crippen LogP contribution >= 0.6 is 0 Å². The molecule has 29 heavy (non-hydrogen) atoms. The van der Waals surface area contributed by atoms with Gasteiger partial charge in [0.25, 0.3) is 0 Å². The zero-order valence-electron chi connectivity index (χ0n) is 16.5. The van der Waals surface area contributed by atoms with Crippen LogP contribution in [0.15, 0.2) is 42.5 Å². The van der Waals surface area contributed by atoms with E-state index in [2.05, 4.69) is 10.6 Å². The zero-order valence-corrected chi connectivity index (χ0v) is 16.5. The van der Waals surface area contributed by atoms with E-state index in [0.717, 1.165) is 24.1 Å². The largest absolute Gasteiger partial charge is 0.344 e. The highest BCUT2D eigenvalue weighted by Gasteiger charge is 2.25. The van der Waals surface area contributed by atoms with Gasteiger partial charge in [-0.05, 0) is 54.3 Å². The van der Waals surface area contributed by atoms with Crippen LogP contribution in [0.5, 0.6) is 0 Å². The molecule has 2 aromatic rings. The Labute approximate surface area is 169 Å². The number of carbonyl (C=O) groups excluding carboxylic acids is 3. The second-order valence-electron chi connectivity index (χ2n) is 7.35. The third-order valence-electron chi connectivity index (χ3n) is 4.79. The van der Waals surface area contributed by atoms with Gasteiger partial charge in [-0.2, -0.15) is 0 Å². The van der Waals surface area contributed by atoms with Gasteiger partial charge in [0.05, 0.1) is 0 Å². The van der Waals surface area contributed by atoms with E-state index >= 15 is 0 Å². The molecule has 7 heteroatoms. The fraction of sp³-hybridized carbons (Fsp3) is 0.318. The van der Waals surface area contributed by atoms with Crippen LogP contribution in [0.4, 0.5) is 15.8 Å². The first-order chi connectivity index (χ1) is 13.8. The van der Waals surface area contributed by atoms with Crippen molar-refractivity contribution in [3.05, 3.63) is 59.4 Å². The molecule has 0 radical (unpaired) electrons. The Morgan fingerprint density at radius 1 is 1.07 bits per heavy atom. The van der Waals surface area contributed by atoms with Crippen molar-refractivity contribution >= 4 is 29.1 Å². The number of hydrogen-bond donors (Lipinski definition) is 2. The van der Waals surface area contributed by atoms with Gasteiger partial charge in [0.2, 0.25) is 5.91 Å². The Bertz CT molecular complexity index is 925. The van der Waals surface area contributed by atoms with Crippen LogP contribution in [-0.2, 0) is 27.3 Å². The van der Waals surface area contributed by atoms with Gasteiger partial charge in [-0.15, -0.1) is 0 Å². The highest BCUT2D eigenvalue weighted by atomic mass is 19.1. The van der Waals surface area contributed by atoms with E-state index in [1.54, 1.807) is 35.2 Å². The van der Waals surface area contributed by atoms with E-state index in [4.69, 9.17) is 0 Å². The number of anilines is 2. The smallest absolute Gasteiger partial charge is 0.313 e. The van der Waals surface area contributed by atoms with Crippen LogP contribution in [0.2, 0.25) is 0 Å². The molecule has 0 bridgehead atoms. The first-order valence-electron chi connectivity index (χ1n) is 9.63. The van der Waals surface area contributed by atoms with E-state index in [1.807, 2.05) is 13.8 Å². The van der Waals surface area contributed by atoms with Crippen molar-refractivity contribution in [2.75, 3.05) is 16.8 Å². The third kappa shape index (κ3) is 4.99. The lowest BCUT2D eigenvalue weighted by Gasteiger charge is -2.31. The first kappa shape index (κ1) is 20.5. The first-order valence-corrected chi connectivity index (χ1v) is 9.63. The summed E-state index contributed by atoms with van der Waals surface area (Å²) < 4.78 is 12.9. The predicted molar refractivity (Wildman–Crippen MR) is 109 cm³/mol. The molecule has 6 nitrogen and oxygen atoms in total. The number of fused-ring (bicyclic) bond motifs is 1. The third-order valence-corrected chi connectivity index (χ3v) is 4.79. The van der Waals surface area contributed by atoms with Gasteiger partial charge in [0, 0.05) is 30.4 Å². The maximum atomic E-state index is 12.9. The molecule has 0 aromatic heterocycles. The lowest BCUT2D eigenvalue weighted by atomic mass is 9.99. The molecule has 1 aliphatic heterocycles. The number of benzene rings is 2. The molecule has 0 atom stereocenters. The van der Waals surface area contributed by atoms with E-state index in [9.17, 15) is 18.8 Å². The number of hydrogen-bond acceptors (Lipinski definition) is 3. The molecule has 1 heterocycles. The second kappa shape index (κ2) is 8.86. The molecule has 1 aliphatic rings. The van der Waals surface area contributed by atoms with E-state index < -0.39 is 11.8 Å². The van der Waals surface area contributed by atoms with Crippen molar-refractivity contribution in [3.8, 4) is 0 Å². The van der Waals surface area contributed by atoms with Crippen molar-refractivity contribution in [1.82, 2.24) is 5.32 Å². The number of nitrogens with one attached hydrogen (secondary N) is 2. The Morgan fingerprint density at radius 3 is 2.48 bits per heavy atom. The Kier molecular flexibility index (Phi) is 6.26. The molecular formula is C22H24FN3O3. The van der Waals surface area contributed by atoms with Gasteiger partial charge in [0.1, 0.15) is 5.82 Å². The monoisotopic (exact) mass is 397 g/mol. The number of nitrogens with zero attached hydrogens (tertiary/aromatic N) is 1. The summed E-state index contributed by atoms with van der Waals surface area (Å²) in [4.78, 5) is 38.4. The molecule has 3 rings (SSSR count). The molecule has 3 amide bonds. The molecule has 0 fully saturated rings. The fourth-order valence-corrected chi connectivity index (χ4v) is 3.27. The minimum atomic E-state index is -0.780. The van der Waals surface area contributed by atoms with Gasteiger partial charge in [-0.25, -0.2) is 4.39 Å². The fourth-order valence-electron chi connectivity index (χ4n) is 3.27. The standard InChI is InChI=1S/C22H24FN3O3/c1-14(2)22(29)26-11-3-4-16-12-18(9-10-19(16)26)25-21(28)20(27)24-13-15-5-7-17(23)8-6-15/h5-10,12,14H,3-4,11,13H2,1-2H3,(H,24,27)(H,25,28). The summed E-state index contributed by atoms with van der Waals surface area (Å²) in [5.74, 6) is -1.94. The lowest BCUT2D eigenvalue weighted by Crippen LogP contribution is -2.38. The van der Waals surface area contributed by atoms with Crippen LogP contribution in [0.3, 0.4) is 0 Å². The van der Waals surface area contributed by atoms with Crippen molar-refractivity contribution in [2.24, 2.45) is 5.92 Å². The van der Waals surface area contributed by atoms with Crippen molar-refractivity contribution in [2.45, 2.75) is 33.2 Å². The van der Waals surface area contributed by atoms with Crippen LogP contribution in [0, 0.1) is 11.7 Å². The summed E-state index contributed by atoms with van der Waals surface area (Å²) in [6.07, 6.45) is 1.65. The van der Waals surface area contributed by atoms with Crippen molar-refractivity contribution < 1.29 is 18.8 Å². The Balaban J connectivity index is 1.62. The topological polar surface area (TPSA) is 78.5 Å². The quantitative estimate of drug-likeness (QED) is 0.779. The molecule has 152 valence electrons. The molecule has 0 unspecified atom stereocenters. The average molecular weight is 397 g/mol. The van der Waals surface area contributed by atoms with Crippen LogP contribution < -0.4 is 15.5 Å². The molecule has 0 spiro atoms. The maximum absolute atomic E-state index is 12.9. The van der Waals surface area contributed by atoms with E-state index in [-0.39, 0.29) is 24.2 Å². The van der Waals surface area contributed by atoms with E-state index in [0.29, 0.717) is 17.8 Å². The summed E-state index contributed by atoms with van der Waals surface area (Å²) in [6.45, 7) is 4.55. The molecule has 0 saturated heterocycles. The number of aryl methyl sites for hydroxylation is 1. The summed E-state index contributed by atoms with van der Waals surface area (Å²) in [6, 6.07) is 11.0. The molecule has 0 saturated carbocycles. The lowest BCUT2D eigenvalue weighted by molar-refractivity contribution is -0.136. The van der Waals surface area contributed by atoms with Gasteiger partial charge in [-0.3, -0.25) is 14.4 Å². The Hall–Kier alpha value is -3.22. The number of carbonyl (C=O) groups is 3. The van der Waals surface area contributed by atoms with Gasteiger partial charge in [-0.1, -0.05) is 26.0 Å². The van der Waals surface area contributed by atoms with Crippen LogP contribution in [0.1, 0.15) is 31.4 Å². The van der Waals surface area contributed by atoms with Crippen LogP contribution in [-0.4, -0.2) is 24.3 Å². The second-order valence-corrected chi connectivity index (χ2v) is 7.35. The predicted octanol–water partition coefficient (Wildman–Crippen LogP) is 3.02. The number of halogens is 1. The van der Waals surface area contributed by atoms with Gasteiger partial charge >= 0.3 is 11.8 Å². The maximum Gasteiger partial charge on any atom is 0.313 e. The molecule has 2 aromatic carbocycles. The number of rotatable bonds is 4. The van der Waals surface area contributed by atoms with Crippen molar-refractivity contribution in [1.29, 1.82) is 0 Å². The minimum absolute atomic E-state index is 0.0721. The summed E-state index contributed by atoms with van der Waals surface area (Å²) >= 11 is 0. The van der Waals surface area contributed by atoms with E-state index in [1.165, 1.54) is 12.1 Å². The highest BCUT2D eigenvalue weighted by Crippen LogP contribution is 2.30. The normalized spacial score (nSPS) is 13.0. The molecule has 0 aliphatic carbocycles. The van der Waals surface area contributed by atoms with Gasteiger partial charge < -0.3 is 15.5 Å². The summed E-state index contributed by atoms with van der Waals surface area (Å²) in [5, 5.41) is 5.10. The number of amides is 3. The van der Waals surface area contributed by atoms with Crippen molar-refractivity contribution in [3.63, 3.8) is 0 Å². The zero-order chi connectivity index (χ0) is 21.0. The summed E-state index contributed by atoms with van der Waals surface area (Å²) in [7, 11) is 0. The van der Waals surface area contributed by atoms with Crippen LogP contribution in [0.25, 0.3) is 0 Å². The minimum Gasteiger partial charge on any atom is -0.344 e. The molecular weight excluding hydrogens is 373 g/mol. The Morgan fingerprint density at radius 2 is 1.79 bits per heavy atom. The SMILES string of the molecule is CC(C)C(=O)N1CCCc2cc(NC(=O)C(=O)NCc3ccc(F)cc3)ccc21. The average Bonchev–Trinajstić information content (AvgIpc) is 2.71. The highest BCUT2D eigenvalue weighted by molar-refractivity contribution is 6.39. The summed E-state index contributed by atoms with van der Waals surface area (Å²) in [5.41, 5.74) is 3.02. The molecule has 2 N–H and O–H groups in total. The van der Waals surface area contributed by atoms with Gasteiger partial charge in [0.15, 0.2) is 0 Å².